The fourth-order valence-electron chi connectivity index (χ4n) is 2.29. The monoisotopic (exact) mass is 237 g/mol. The van der Waals surface area contributed by atoms with Crippen LogP contribution in [0, 0.1) is 5.92 Å². The van der Waals surface area contributed by atoms with Gasteiger partial charge in [-0.25, -0.2) is 9.18 Å². The maximum Gasteiger partial charge on any atom is 0.338 e. The molecule has 0 aliphatic carbocycles. The number of carbonyl (C=O) groups is 1. The Morgan fingerprint density at radius 1 is 1.29 bits per heavy atom. The Hall–Kier alpha value is -1.58. The average Bonchev–Trinajstić information content (AvgIpc) is 2.39. The van der Waals surface area contributed by atoms with Crippen molar-refractivity contribution in [1.82, 2.24) is 0 Å². The molecule has 0 radical (unpaired) electrons. The highest BCUT2D eigenvalue weighted by molar-refractivity contribution is 5.72. The van der Waals surface area contributed by atoms with Crippen molar-refractivity contribution >= 4 is 11.7 Å². The molecule has 4 heteroatoms. The van der Waals surface area contributed by atoms with Crippen LogP contribution < -0.4 is 4.90 Å². The van der Waals surface area contributed by atoms with Crippen LogP contribution in [-0.4, -0.2) is 30.3 Å². The summed E-state index contributed by atoms with van der Waals surface area (Å²) in [5.74, 6) is -1.67. The Morgan fingerprint density at radius 3 is 2.41 bits per heavy atom. The topological polar surface area (TPSA) is 40.5 Å². The Morgan fingerprint density at radius 2 is 1.88 bits per heavy atom. The van der Waals surface area contributed by atoms with Crippen LogP contribution in [0.1, 0.15) is 12.8 Å². The van der Waals surface area contributed by atoms with Gasteiger partial charge in [0.25, 0.3) is 0 Å². The van der Waals surface area contributed by atoms with Crippen molar-refractivity contribution in [2.75, 3.05) is 18.0 Å². The SMILES string of the molecule is O=C(O)C(F)C1CCN(c2ccccc2)CC1. The molecule has 3 nitrogen and oxygen atoms in total. The molecule has 1 aromatic rings. The summed E-state index contributed by atoms with van der Waals surface area (Å²) in [5, 5.41) is 8.63. The lowest BCUT2D eigenvalue weighted by atomic mass is 9.92. The van der Waals surface area contributed by atoms with Gasteiger partial charge in [-0.3, -0.25) is 0 Å². The van der Waals surface area contributed by atoms with Gasteiger partial charge in [0.15, 0.2) is 6.17 Å². The molecule has 1 heterocycles. The van der Waals surface area contributed by atoms with Crippen molar-refractivity contribution in [2.24, 2.45) is 5.92 Å². The van der Waals surface area contributed by atoms with Crippen LogP contribution in [0.2, 0.25) is 0 Å². The fourth-order valence-corrected chi connectivity index (χ4v) is 2.29. The van der Waals surface area contributed by atoms with Gasteiger partial charge in [0.2, 0.25) is 0 Å². The number of hydrogen-bond donors (Lipinski definition) is 1. The second kappa shape index (κ2) is 5.17. The highest BCUT2D eigenvalue weighted by Crippen LogP contribution is 2.26. The quantitative estimate of drug-likeness (QED) is 0.877. The normalized spacial score (nSPS) is 19.0. The van der Waals surface area contributed by atoms with E-state index in [1.54, 1.807) is 0 Å². The van der Waals surface area contributed by atoms with E-state index in [1.807, 2.05) is 30.3 Å². The van der Waals surface area contributed by atoms with E-state index in [1.165, 1.54) is 0 Å². The molecule has 1 atom stereocenters. The number of alkyl halides is 1. The Kier molecular flexibility index (Phi) is 3.61. The number of aliphatic carboxylic acids is 1. The molecule has 0 saturated carbocycles. The van der Waals surface area contributed by atoms with Crippen LogP contribution in [0.5, 0.6) is 0 Å². The van der Waals surface area contributed by atoms with Crippen LogP contribution in [0.3, 0.4) is 0 Å². The summed E-state index contributed by atoms with van der Waals surface area (Å²) in [5.41, 5.74) is 1.12. The first-order valence-electron chi connectivity index (χ1n) is 5.85. The number of halogens is 1. The second-order valence-electron chi connectivity index (χ2n) is 4.40. The zero-order valence-corrected chi connectivity index (χ0v) is 9.55. The van der Waals surface area contributed by atoms with Gasteiger partial charge in [-0.05, 0) is 25.0 Å². The molecule has 17 heavy (non-hydrogen) atoms. The van der Waals surface area contributed by atoms with Crippen LogP contribution in [-0.2, 0) is 4.79 Å². The summed E-state index contributed by atoms with van der Waals surface area (Å²) in [4.78, 5) is 12.7. The van der Waals surface area contributed by atoms with Crippen LogP contribution in [0.15, 0.2) is 30.3 Å². The van der Waals surface area contributed by atoms with E-state index >= 15 is 0 Å². The number of carboxylic acid groups (broad SMARTS) is 1. The lowest BCUT2D eigenvalue weighted by Gasteiger charge is -2.33. The predicted octanol–water partition coefficient (Wildman–Crippen LogP) is 2.33. The minimum atomic E-state index is -1.71. The number of piperidine rings is 1. The zero-order valence-electron chi connectivity index (χ0n) is 9.55. The van der Waals surface area contributed by atoms with Gasteiger partial charge in [-0.2, -0.15) is 0 Å². The minimum absolute atomic E-state index is 0.340. The standard InChI is InChI=1S/C13H16FNO2/c14-12(13(16)17)10-6-8-15(9-7-10)11-4-2-1-3-5-11/h1-5,10,12H,6-9H2,(H,16,17). The zero-order chi connectivity index (χ0) is 12.3. The van der Waals surface area contributed by atoms with E-state index in [4.69, 9.17) is 5.11 Å². The van der Waals surface area contributed by atoms with Crippen molar-refractivity contribution in [3.05, 3.63) is 30.3 Å². The summed E-state index contributed by atoms with van der Waals surface area (Å²) in [7, 11) is 0. The minimum Gasteiger partial charge on any atom is -0.479 e. The third kappa shape index (κ3) is 2.75. The van der Waals surface area contributed by atoms with Gasteiger partial charge in [0, 0.05) is 24.7 Å². The molecular formula is C13H16FNO2. The van der Waals surface area contributed by atoms with Crippen molar-refractivity contribution in [1.29, 1.82) is 0 Å². The molecule has 1 aliphatic heterocycles. The Bertz CT molecular complexity index is 374. The second-order valence-corrected chi connectivity index (χ2v) is 4.40. The van der Waals surface area contributed by atoms with Crippen LogP contribution >= 0.6 is 0 Å². The summed E-state index contributed by atoms with van der Waals surface area (Å²) in [6.07, 6.45) is -0.516. The fraction of sp³-hybridized carbons (Fsp3) is 0.462. The molecular weight excluding hydrogens is 221 g/mol. The number of rotatable bonds is 3. The van der Waals surface area contributed by atoms with Crippen molar-refractivity contribution in [2.45, 2.75) is 19.0 Å². The number of anilines is 1. The maximum absolute atomic E-state index is 13.3. The first kappa shape index (κ1) is 11.9. The first-order valence-corrected chi connectivity index (χ1v) is 5.85. The first-order chi connectivity index (χ1) is 8.18. The predicted molar refractivity (Wildman–Crippen MR) is 63.9 cm³/mol. The smallest absolute Gasteiger partial charge is 0.338 e. The van der Waals surface area contributed by atoms with Gasteiger partial charge in [0.05, 0.1) is 0 Å². The van der Waals surface area contributed by atoms with Crippen LogP contribution in [0.25, 0.3) is 0 Å². The molecule has 0 aromatic heterocycles. The van der Waals surface area contributed by atoms with E-state index in [-0.39, 0.29) is 5.92 Å². The molecule has 1 saturated heterocycles. The van der Waals surface area contributed by atoms with Crippen molar-refractivity contribution in [3.8, 4) is 0 Å². The number of nitrogens with zero attached hydrogens (tertiary/aromatic N) is 1. The lowest BCUT2D eigenvalue weighted by Crippen LogP contribution is -2.38. The van der Waals surface area contributed by atoms with Gasteiger partial charge in [0.1, 0.15) is 0 Å². The van der Waals surface area contributed by atoms with E-state index < -0.39 is 12.1 Å². The number of para-hydroxylation sites is 1. The third-order valence-corrected chi connectivity index (χ3v) is 3.31. The van der Waals surface area contributed by atoms with E-state index in [2.05, 4.69) is 4.90 Å². The summed E-state index contributed by atoms with van der Waals surface area (Å²) in [6.45, 7) is 1.45. The number of carboxylic acids is 1. The molecule has 0 bridgehead atoms. The van der Waals surface area contributed by atoms with E-state index in [0.717, 1.165) is 18.8 Å². The van der Waals surface area contributed by atoms with Gasteiger partial charge in [-0.1, -0.05) is 18.2 Å². The molecule has 92 valence electrons. The molecule has 1 N–H and O–H groups in total. The molecule has 1 aromatic carbocycles. The summed E-state index contributed by atoms with van der Waals surface area (Å²) < 4.78 is 13.3. The van der Waals surface area contributed by atoms with E-state index in [0.29, 0.717) is 12.8 Å². The lowest BCUT2D eigenvalue weighted by molar-refractivity contribution is -0.145. The third-order valence-electron chi connectivity index (χ3n) is 3.31. The Labute approximate surface area is 99.9 Å². The molecule has 0 spiro atoms. The van der Waals surface area contributed by atoms with Crippen LogP contribution in [0.4, 0.5) is 10.1 Å². The summed E-state index contributed by atoms with van der Waals surface area (Å²) >= 11 is 0. The van der Waals surface area contributed by atoms with E-state index in [9.17, 15) is 9.18 Å². The molecule has 2 rings (SSSR count). The molecule has 1 fully saturated rings. The average molecular weight is 237 g/mol. The highest BCUT2D eigenvalue weighted by Gasteiger charge is 2.31. The van der Waals surface area contributed by atoms with Gasteiger partial charge >= 0.3 is 5.97 Å². The van der Waals surface area contributed by atoms with Crippen molar-refractivity contribution in [3.63, 3.8) is 0 Å². The highest BCUT2D eigenvalue weighted by atomic mass is 19.1. The molecule has 1 unspecified atom stereocenters. The largest absolute Gasteiger partial charge is 0.479 e. The molecule has 1 aliphatic rings. The molecule has 0 amide bonds. The number of hydrogen-bond acceptors (Lipinski definition) is 2. The van der Waals surface area contributed by atoms with Crippen molar-refractivity contribution < 1.29 is 14.3 Å². The number of benzene rings is 1. The maximum atomic E-state index is 13.3. The van der Waals surface area contributed by atoms with Gasteiger partial charge < -0.3 is 10.0 Å². The Balaban J connectivity index is 1.93. The summed E-state index contributed by atoms with van der Waals surface area (Å²) in [6, 6.07) is 9.93. The van der Waals surface area contributed by atoms with Gasteiger partial charge in [-0.15, -0.1) is 0 Å².